The lowest BCUT2D eigenvalue weighted by Crippen LogP contribution is -2.46. The Labute approximate surface area is 245 Å². The van der Waals surface area contributed by atoms with Crippen LogP contribution in [0.4, 0.5) is 11.5 Å². The fourth-order valence-electron chi connectivity index (χ4n) is 5.90. The van der Waals surface area contributed by atoms with Crippen LogP contribution in [-0.2, 0) is 11.3 Å². The molecule has 6 rings (SSSR count). The van der Waals surface area contributed by atoms with Crippen molar-refractivity contribution in [1.29, 1.82) is 0 Å². The standard InChI is InChI=1S/C32H36N8O2/c1-2-29(41)36-25-7-6-14-39(20-25)19-22-12-13-33-28(17-22)32(42)37-24-10-8-23(9-11-24)27-18-26-30(38-27)34-21-35-31(26)40-15-4-3-5-16-40/h2,8-13,17-18,21,25H,1,3-7,14-16,19-20H2,(H,36,41)(H,37,42)(H,34,35,38). The van der Waals surface area contributed by atoms with Gasteiger partial charge >= 0.3 is 0 Å². The number of piperidine rings is 2. The molecule has 0 saturated carbocycles. The van der Waals surface area contributed by atoms with E-state index < -0.39 is 0 Å². The number of amides is 2. The number of carbonyl (C=O) groups excluding carboxylic acids is 2. The molecule has 2 saturated heterocycles. The molecule has 0 radical (unpaired) electrons. The Kier molecular flexibility index (Phi) is 8.23. The number of anilines is 2. The minimum Gasteiger partial charge on any atom is -0.356 e. The first-order chi connectivity index (χ1) is 20.6. The Morgan fingerprint density at radius 1 is 1.00 bits per heavy atom. The van der Waals surface area contributed by atoms with Gasteiger partial charge in [-0.05, 0) is 86.2 Å². The van der Waals surface area contributed by atoms with Crippen LogP contribution >= 0.6 is 0 Å². The maximum absolute atomic E-state index is 13.1. The third-order valence-corrected chi connectivity index (χ3v) is 8.01. The van der Waals surface area contributed by atoms with Crippen LogP contribution in [-0.4, -0.2) is 68.9 Å². The van der Waals surface area contributed by atoms with Gasteiger partial charge in [0.1, 0.15) is 23.5 Å². The first kappa shape index (κ1) is 27.6. The number of pyridine rings is 1. The van der Waals surface area contributed by atoms with Crippen LogP contribution in [0.3, 0.4) is 0 Å². The van der Waals surface area contributed by atoms with Gasteiger partial charge in [0, 0.05) is 49.8 Å². The van der Waals surface area contributed by atoms with E-state index in [2.05, 4.69) is 53.0 Å². The maximum Gasteiger partial charge on any atom is 0.274 e. The van der Waals surface area contributed by atoms with Crippen molar-refractivity contribution < 1.29 is 9.59 Å². The van der Waals surface area contributed by atoms with E-state index in [4.69, 9.17) is 0 Å². The molecule has 42 heavy (non-hydrogen) atoms. The van der Waals surface area contributed by atoms with E-state index in [1.807, 2.05) is 36.4 Å². The second kappa shape index (κ2) is 12.5. The van der Waals surface area contributed by atoms with Crippen molar-refractivity contribution >= 4 is 34.4 Å². The Hall–Kier alpha value is -4.57. The smallest absolute Gasteiger partial charge is 0.274 e. The number of H-pyrrole nitrogens is 1. The number of likely N-dealkylation sites (tertiary alicyclic amines) is 1. The summed E-state index contributed by atoms with van der Waals surface area (Å²) in [6, 6.07) is 13.7. The molecule has 1 unspecified atom stereocenters. The summed E-state index contributed by atoms with van der Waals surface area (Å²) < 4.78 is 0. The van der Waals surface area contributed by atoms with Gasteiger partial charge in [0.2, 0.25) is 5.91 Å². The zero-order valence-electron chi connectivity index (χ0n) is 23.7. The highest BCUT2D eigenvalue weighted by molar-refractivity contribution is 6.03. The zero-order valence-corrected chi connectivity index (χ0v) is 23.7. The monoisotopic (exact) mass is 564 g/mol. The highest BCUT2D eigenvalue weighted by Crippen LogP contribution is 2.30. The molecule has 1 atom stereocenters. The molecular weight excluding hydrogens is 528 g/mol. The summed E-state index contributed by atoms with van der Waals surface area (Å²) in [5.41, 5.74) is 4.85. The van der Waals surface area contributed by atoms with Gasteiger partial charge in [0.05, 0.1) is 5.39 Å². The summed E-state index contributed by atoms with van der Waals surface area (Å²) in [6.45, 7) is 7.97. The predicted octanol–water partition coefficient (Wildman–Crippen LogP) is 4.53. The molecule has 5 heterocycles. The molecule has 3 N–H and O–H groups in total. The number of nitrogens with zero attached hydrogens (tertiary/aromatic N) is 5. The number of aromatic nitrogens is 4. The number of aromatic amines is 1. The summed E-state index contributed by atoms with van der Waals surface area (Å²) in [7, 11) is 0. The average molecular weight is 565 g/mol. The highest BCUT2D eigenvalue weighted by atomic mass is 16.2. The lowest BCUT2D eigenvalue weighted by molar-refractivity contribution is -0.117. The summed E-state index contributed by atoms with van der Waals surface area (Å²) in [4.78, 5) is 46.2. The minimum atomic E-state index is -0.258. The third-order valence-electron chi connectivity index (χ3n) is 8.01. The molecule has 3 aromatic heterocycles. The fraction of sp³-hybridized carbons (Fsp3) is 0.344. The van der Waals surface area contributed by atoms with E-state index in [0.717, 1.165) is 72.7 Å². The van der Waals surface area contributed by atoms with Gasteiger partial charge in [-0.3, -0.25) is 19.5 Å². The van der Waals surface area contributed by atoms with Gasteiger partial charge in [-0.2, -0.15) is 0 Å². The Balaban J connectivity index is 1.10. The molecule has 2 fully saturated rings. The Morgan fingerprint density at radius 3 is 2.64 bits per heavy atom. The van der Waals surface area contributed by atoms with Gasteiger partial charge < -0.3 is 20.5 Å². The van der Waals surface area contributed by atoms with Crippen LogP contribution < -0.4 is 15.5 Å². The van der Waals surface area contributed by atoms with E-state index in [9.17, 15) is 9.59 Å². The topological polar surface area (TPSA) is 119 Å². The number of nitrogens with one attached hydrogen (secondary N) is 3. The van der Waals surface area contributed by atoms with Crippen LogP contribution in [0.5, 0.6) is 0 Å². The lowest BCUT2D eigenvalue weighted by Gasteiger charge is -2.33. The van der Waals surface area contributed by atoms with Crippen LogP contribution in [0.15, 0.2) is 67.6 Å². The number of benzene rings is 1. The van der Waals surface area contributed by atoms with Crippen molar-refractivity contribution in [3.8, 4) is 11.3 Å². The number of hydrogen-bond acceptors (Lipinski definition) is 7. The molecule has 1 aromatic carbocycles. The summed E-state index contributed by atoms with van der Waals surface area (Å²) in [5, 5.41) is 6.99. The van der Waals surface area contributed by atoms with Crippen LogP contribution in [0.2, 0.25) is 0 Å². The fourth-order valence-corrected chi connectivity index (χ4v) is 5.90. The largest absolute Gasteiger partial charge is 0.356 e. The van der Waals surface area contributed by atoms with Gasteiger partial charge in [-0.15, -0.1) is 0 Å². The molecule has 2 aliphatic rings. The van der Waals surface area contributed by atoms with Gasteiger partial charge in [0.25, 0.3) is 5.91 Å². The number of fused-ring (bicyclic) bond motifs is 1. The quantitative estimate of drug-likeness (QED) is 0.269. The second-order valence-corrected chi connectivity index (χ2v) is 11.1. The SMILES string of the molecule is C=CC(=O)NC1CCCN(Cc2ccnc(C(=O)Nc3ccc(-c4cc5c(N6CCCCC6)ncnc5[nH]4)cc3)c2)C1. The molecular formula is C32H36N8O2. The first-order valence-electron chi connectivity index (χ1n) is 14.7. The molecule has 10 nitrogen and oxygen atoms in total. The number of rotatable bonds is 8. The molecule has 0 spiro atoms. The molecule has 216 valence electrons. The first-order valence-corrected chi connectivity index (χ1v) is 14.7. The minimum absolute atomic E-state index is 0.103. The second-order valence-electron chi connectivity index (χ2n) is 11.1. The van der Waals surface area contributed by atoms with Crippen LogP contribution in [0.1, 0.15) is 48.2 Å². The number of hydrogen-bond donors (Lipinski definition) is 3. The predicted molar refractivity (Wildman–Crippen MR) is 164 cm³/mol. The van der Waals surface area contributed by atoms with Crippen molar-refractivity contribution in [2.75, 3.05) is 36.4 Å². The third kappa shape index (κ3) is 6.33. The number of carbonyl (C=O) groups is 2. The van der Waals surface area contributed by atoms with Gasteiger partial charge in [-0.25, -0.2) is 9.97 Å². The van der Waals surface area contributed by atoms with Crippen molar-refractivity contribution in [2.24, 2.45) is 0 Å². The summed E-state index contributed by atoms with van der Waals surface area (Å²) in [6.07, 6.45) is 10.2. The van der Waals surface area contributed by atoms with E-state index in [1.165, 1.54) is 25.3 Å². The maximum atomic E-state index is 13.1. The average Bonchev–Trinajstić information content (AvgIpc) is 3.47. The highest BCUT2D eigenvalue weighted by Gasteiger charge is 2.21. The van der Waals surface area contributed by atoms with Crippen molar-refractivity contribution in [1.82, 2.24) is 30.2 Å². The summed E-state index contributed by atoms with van der Waals surface area (Å²) in [5.74, 6) is 0.585. The van der Waals surface area contributed by atoms with Crippen LogP contribution in [0, 0.1) is 0 Å². The molecule has 0 aliphatic carbocycles. The van der Waals surface area contributed by atoms with Crippen LogP contribution in [0.25, 0.3) is 22.3 Å². The lowest BCUT2D eigenvalue weighted by atomic mass is 10.0. The van der Waals surface area contributed by atoms with Crippen molar-refractivity contribution in [2.45, 2.75) is 44.7 Å². The molecule has 2 aliphatic heterocycles. The normalized spacial score (nSPS) is 17.6. The van der Waals surface area contributed by atoms with E-state index in [1.54, 1.807) is 12.5 Å². The van der Waals surface area contributed by atoms with Gasteiger partial charge in [0.15, 0.2) is 0 Å². The zero-order chi connectivity index (χ0) is 28.9. The molecule has 0 bridgehead atoms. The van der Waals surface area contributed by atoms with E-state index in [0.29, 0.717) is 17.9 Å². The molecule has 10 heteroatoms. The van der Waals surface area contributed by atoms with E-state index >= 15 is 0 Å². The Bertz CT molecular complexity index is 1580. The molecule has 4 aromatic rings. The Morgan fingerprint density at radius 2 is 1.83 bits per heavy atom. The van der Waals surface area contributed by atoms with Crippen molar-refractivity contribution in [3.05, 3.63) is 78.9 Å². The van der Waals surface area contributed by atoms with E-state index in [-0.39, 0.29) is 17.9 Å². The summed E-state index contributed by atoms with van der Waals surface area (Å²) >= 11 is 0. The molecule has 2 amide bonds. The van der Waals surface area contributed by atoms with Gasteiger partial charge in [-0.1, -0.05) is 18.7 Å². The van der Waals surface area contributed by atoms with Crippen molar-refractivity contribution in [3.63, 3.8) is 0 Å².